The summed E-state index contributed by atoms with van der Waals surface area (Å²) in [5.41, 5.74) is 2.53. The molecule has 1 heterocycles. The van der Waals surface area contributed by atoms with Gasteiger partial charge >= 0.3 is 5.97 Å². The zero-order valence-electron chi connectivity index (χ0n) is 16.8. The summed E-state index contributed by atoms with van der Waals surface area (Å²) in [6, 6.07) is 16.3. The van der Waals surface area contributed by atoms with Gasteiger partial charge in [0.05, 0.1) is 6.42 Å². The third-order valence-corrected chi connectivity index (χ3v) is 5.44. The first-order chi connectivity index (χ1) is 14.4. The van der Waals surface area contributed by atoms with E-state index in [0.717, 1.165) is 5.56 Å². The Morgan fingerprint density at radius 2 is 1.77 bits per heavy atom. The zero-order chi connectivity index (χ0) is 21.5. The lowest BCUT2D eigenvalue weighted by Gasteiger charge is -2.08. The summed E-state index contributed by atoms with van der Waals surface area (Å²) in [4.78, 5) is 43.1. The molecule has 1 aromatic heterocycles. The third kappa shape index (κ3) is 5.90. The van der Waals surface area contributed by atoms with Gasteiger partial charge in [-0.2, -0.15) is 0 Å². The summed E-state index contributed by atoms with van der Waals surface area (Å²) < 4.78 is 5.27. The summed E-state index contributed by atoms with van der Waals surface area (Å²) in [5, 5.41) is 0.554. The highest BCUT2D eigenvalue weighted by Gasteiger charge is 2.13. The third-order valence-electron chi connectivity index (χ3n) is 4.49. The SMILES string of the molecule is CC(=O)c1ccc(OC(=O)CCc2c(C)nc(SCc3ccccc3)[nH]c2=O)cc1. The minimum atomic E-state index is -0.452. The van der Waals surface area contributed by atoms with Crippen molar-refractivity contribution < 1.29 is 14.3 Å². The average Bonchev–Trinajstić information content (AvgIpc) is 2.73. The van der Waals surface area contributed by atoms with Crippen molar-refractivity contribution in [2.24, 2.45) is 0 Å². The Hall–Kier alpha value is -3.19. The zero-order valence-corrected chi connectivity index (χ0v) is 17.6. The Bertz CT molecular complexity index is 1090. The number of carbonyl (C=O) groups excluding carboxylic acids is 2. The van der Waals surface area contributed by atoms with Crippen LogP contribution in [0.1, 0.15) is 40.5 Å². The molecule has 2 aromatic carbocycles. The molecule has 154 valence electrons. The van der Waals surface area contributed by atoms with Crippen LogP contribution in [0.3, 0.4) is 0 Å². The summed E-state index contributed by atoms with van der Waals surface area (Å²) in [6.45, 7) is 3.24. The van der Waals surface area contributed by atoms with E-state index in [1.165, 1.54) is 18.7 Å². The maximum Gasteiger partial charge on any atom is 0.311 e. The lowest BCUT2D eigenvalue weighted by Crippen LogP contribution is -2.19. The van der Waals surface area contributed by atoms with Gasteiger partial charge in [0.1, 0.15) is 5.75 Å². The van der Waals surface area contributed by atoms with Crippen LogP contribution < -0.4 is 10.3 Å². The number of hydrogen-bond donors (Lipinski definition) is 1. The van der Waals surface area contributed by atoms with Crippen LogP contribution in [-0.4, -0.2) is 21.7 Å². The van der Waals surface area contributed by atoms with Gasteiger partial charge in [0.2, 0.25) is 0 Å². The average molecular weight is 423 g/mol. The Balaban J connectivity index is 1.57. The van der Waals surface area contributed by atoms with Crippen LogP contribution in [0.25, 0.3) is 0 Å². The van der Waals surface area contributed by atoms with Crippen molar-refractivity contribution in [3.8, 4) is 5.75 Å². The number of benzene rings is 2. The number of ketones is 1. The number of nitrogens with one attached hydrogen (secondary N) is 1. The number of esters is 1. The van der Waals surface area contributed by atoms with Crippen molar-refractivity contribution in [2.45, 2.75) is 37.6 Å². The molecule has 0 saturated heterocycles. The van der Waals surface area contributed by atoms with Crippen molar-refractivity contribution in [3.05, 3.63) is 87.3 Å². The molecular weight excluding hydrogens is 400 g/mol. The minimum Gasteiger partial charge on any atom is -0.427 e. The predicted octanol–water partition coefficient (Wildman–Crippen LogP) is 4.11. The highest BCUT2D eigenvalue weighted by atomic mass is 32.2. The summed E-state index contributed by atoms with van der Waals surface area (Å²) in [7, 11) is 0. The molecule has 0 spiro atoms. The number of thioether (sulfide) groups is 1. The fourth-order valence-corrected chi connectivity index (χ4v) is 3.70. The molecule has 0 unspecified atom stereocenters. The number of carbonyl (C=O) groups is 2. The number of Topliss-reactive ketones (excluding diaryl/α,β-unsaturated/α-hetero) is 1. The maximum absolute atomic E-state index is 12.5. The van der Waals surface area contributed by atoms with Crippen LogP contribution in [0.5, 0.6) is 5.75 Å². The van der Waals surface area contributed by atoms with E-state index < -0.39 is 5.97 Å². The second-order valence-electron chi connectivity index (χ2n) is 6.76. The van der Waals surface area contributed by atoms with Gasteiger partial charge in [-0.05, 0) is 50.1 Å². The van der Waals surface area contributed by atoms with E-state index in [2.05, 4.69) is 9.97 Å². The molecule has 3 aromatic rings. The fourth-order valence-electron chi connectivity index (χ4n) is 2.84. The first kappa shape index (κ1) is 21.5. The molecule has 0 fully saturated rings. The van der Waals surface area contributed by atoms with Gasteiger partial charge in [-0.15, -0.1) is 0 Å². The molecule has 0 aliphatic rings. The van der Waals surface area contributed by atoms with E-state index in [-0.39, 0.29) is 24.2 Å². The lowest BCUT2D eigenvalue weighted by atomic mass is 10.1. The monoisotopic (exact) mass is 422 g/mol. The van der Waals surface area contributed by atoms with Crippen molar-refractivity contribution in [1.29, 1.82) is 0 Å². The number of aromatic nitrogens is 2. The van der Waals surface area contributed by atoms with Crippen LogP contribution in [0, 0.1) is 6.92 Å². The van der Waals surface area contributed by atoms with Crippen LogP contribution in [0.4, 0.5) is 0 Å². The molecule has 0 aliphatic heterocycles. The van der Waals surface area contributed by atoms with Crippen molar-refractivity contribution in [3.63, 3.8) is 0 Å². The molecule has 6 nitrogen and oxygen atoms in total. The molecule has 0 bridgehead atoms. The van der Waals surface area contributed by atoms with E-state index in [4.69, 9.17) is 4.74 Å². The molecule has 3 rings (SSSR count). The standard InChI is InChI=1S/C23H22N2O4S/c1-15-20(12-13-21(27)29-19-10-8-18(9-11-19)16(2)26)22(28)25-23(24-15)30-14-17-6-4-3-5-7-17/h3-11H,12-14H2,1-2H3,(H,24,25,28). The fraction of sp³-hybridized carbons (Fsp3) is 0.217. The van der Waals surface area contributed by atoms with E-state index >= 15 is 0 Å². The van der Waals surface area contributed by atoms with Gasteiger partial charge in [-0.3, -0.25) is 14.4 Å². The maximum atomic E-state index is 12.5. The Labute approximate surface area is 178 Å². The van der Waals surface area contributed by atoms with Crippen molar-refractivity contribution in [1.82, 2.24) is 9.97 Å². The number of aryl methyl sites for hydroxylation is 1. The first-order valence-electron chi connectivity index (χ1n) is 9.50. The first-order valence-corrected chi connectivity index (χ1v) is 10.5. The molecule has 0 aliphatic carbocycles. The number of aromatic amines is 1. The molecule has 1 N–H and O–H groups in total. The Morgan fingerprint density at radius 1 is 1.07 bits per heavy atom. The van der Waals surface area contributed by atoms with Crippen molar-refractivity contribution in [2.75, 3.05) is 0 Å². The van der Waals surface area contributed by atoms with Crippen LogP contribution in [0.2, 0.25) is 0 Å². The minimum absolute atomic E-state index is 0.0521. The van der Waals surface area contributed by atoms with Gasteiger partial charge in [0, 0.05) is 22.6 Å². The van der Waals surface area contributed by atoms with Crippen LogP contribution >= 0.6 is 11.8 Å². The van der Waals surface area contributed by atoms with E-state index in [1.54, 1.807) is 31.2 Å². The Kier molecular flexibility index (Phi) is 7.19. The lowest BCUT2D eigenvalue weighted by molar-refractivity contribution is -0.134. The number of H-pyrrole nitrogens is 1. The summed E-state index contributed by atoms with van der Waals surface area (Å²) in [5.74, 6) is 0.561. The largest absolute Gasteiger partial charge is 0.427 e. The number of ether oxygens (including phenoxy) is 1. The van der Waals surface area contributed by atoms with E-state index in [0.29, 0.717) is 33.5 Å². The smallest absolute Gasteiger partial charge is 0.311 e. The van der Waals surface area contributed by atoms with E-state index in [9.17, 15) is 14.4 Å². The second kappa shape index (κ2) is 10.0. The second-order valence-corrected chi connectivity index (χ2v) is 7.73. The Morgan fingerprint density at radius 3 is 2.40 bits per heavy atom. The number of hydrogen-bond acceptors (Lipinski definition) is 6. The highest BCUT2D eigenvalue weighted by molar-refractivity contribution is 7.98. The van der Waals surface area contributed by atoms with Gasteiger partial charge < -0.3 is 9.72 Å². The van der Waals surface area contributed by atoms with Crippen LogP contribution in [-0.2, 0) is 17.0 Å². The molecule has 0 saturated carbocycles. The topological polar surface area (TPSA) is 89.1 Å². The normalized spacial score (nSPS) is 10.6. The van der Waals surface area contributed by atoms with Gasteiger partial charge in [-0.25, -0.2) is 4.98 Å². The predicted molar refractivity (Wildman–Crippen MR) is 116 cm³/mol. The molecule has 0 atom stereocenters. The van der Waals surface area contributed by atoms with Crippen LogP contribution in [0.15, 0.2) is 64.5 Å². The summed E-state index contributed by atoms with van der Waals surface area (Å²) >= 11 is 1.46. The van der Waals surface area contributed by atoms with Crippen molar-refractivity contribution >= 4 is 23.5 Å². The quantitative estimate of drug-likeness (QED) is 0.193. The van der Waals surface area contributed by atoms with Gasteiger partial charge in [-0.1, -0.05) is 42.1 Å². The molecule has 30 heavy (non-hydrogen) atoms. The number of nitrogens with zero attached hydrogens (tertiary/aromatic N) is 1. The van der Waals surface area contributed by atoms with Gasteiger partial charge in [0.15, 0.2) is 10.9 Å². The molecule has 7 heteroatoms. The molecular formula is C23H22N2O4S. The number of rotatable bonds is 8. The van der Waals surface area contributed by atoms with Gasteiger partial charge in [0.25, 0.3) is 5.56 Å². The molecule has 0 radical (unpaired) electrons. The van der Waals surface area contributed by atoms with E-state index in [1.807, 2.05) is 30.3 Å². The summed E-state index contributed by atoms with van der Waals surface area (Å²) in [6.07, 6.45) is 0.290. The highest BCUT2D eigenvalue weighted by Crippen LogP contribution is 2.19. The molecule has 0 amide bonds.